The van der Waals surface area contributed by atoms with Gasteiger partial charge in [0.1, 0.15) is 12.4 Å². The summed E-state index contributed by atoms with van der Waals surface area (Å²) in [6.07, 6.45) is 9.31. The van der Waals surface area contributed by atoms with E-state index in [0.29, 0.717) is 19.1 Å². The molecule has 126 valence electrons. The van der Waals surface area contributed by atoms with Gasteiger partial charge < -0.3 is 9.47 Å². The van der Waals surface area contributed by atoms with Crippen LogP contribution in [0.15, 0.2) is 24.3 Å². The molecule has 0 aliphatic rings. The molecule has 22 heavy (non-hydrogen) atoms. The van der Waals surface area contributed by atoms with Gasteiger partial charge in [-0.05, 0) is 36.5 Å². The molecule has 0 fully saturated rings. The largest absolute Gasteiger partial charge is 0.491 e. The van der Waals surface area contributed by atoms with Crippen molar-refractivity contribution in [3.05, 3.63) is 29.8 Å². The van der Waals surface area contributed by atoms with E-state index in [2.05, 4.69) is 45.0 Å². The van der Waals surface area contributed by atoms with Gasteiger partial charge in [-0.3, -0.25) is 0 Å². The summed E-state index contributed by atoms with van der Waals surface area (Å²) in [6.45, 7) is 8.68. The highest BCUT2D eigenvalue weighted by Crippen LogP contribution is 2.15. The lowest BCUT2D eigenvalue weighted by molar-refractivity contribution is 0.0819. The van der Waals surface area contributed by atoms with Crippen LogP contribution in [0.4, 0.5) is 0 Å². The fraction of sp³-hybridized carbons (Fsp3) is 0.700. The molecule has 0 N–H and O–H groups in total. The van der Waals surface area contributed by atoms with E-state index in [9.17, 15) is 0 Å². The first-order valence-corrected chi connectivity index (χ1v) is 9.02. The second kappa shape index (κ2) is 12.5. The molecular formula is C20H34O2. The molecule has 0 bridgehead atoms. The molecule has 1 aromatic rings. The van der Waals surface area contributed by atoms with Gasteiger partial charge in [0.15, 0.2) is 0 Å². The third-order valence-electron chi connectivity index (χ3n) is 3.69. The number of unbranched alkanes of at least 4 members (excludes halogenated alkanes) is 5. The maximum Gasteiger partial charge on any atom is 0.119 e. The number of rotatable bonds is 13. The van der Waals surface area contributed by atoms with E-state index >= 15 is 0 Å². The summed E-state index contributed by atoms with van der Waals surface area (Å²) in [6, 6.07) is 8.54. The Bertz CT molecular complexity index is 356. The molecule has 2 nitrogen and oxygen atoms in total. The van der Waals surface area contributed by atoms with Crippen molar-refractivity contribution in [3.8, 4) is 5.75 Å². The number of hydrogen-bond acceptors (Lipinski definition) is 2. The Morgan fingerprint density at radius 2 is 1.55 bits per heavy atom. The topological polar surface area (TPSA) is 18.5 Å². The Labute approximate surface area is 137 Å². The van der Waals surface area contributed by atoms with Gasteiger partial charge in [0.25, 0.3) is 0 Å². The van der Waals surface area contributed by atoms with Crippen molar-refractivity contribution in [1.29, 1.82) is 0 Å². The van der Waals surface area contributed by atoms with Crippen LogP contribution >= 0.6 is 0 Å². The van der Waals surface area contributed by atoms with Crippen LogP contribution in [0, 0.1) is 5.92 Å². The summed E-state index contributed by atoms with van der Waals surface area (Å²) in [7, 11) is 0. The third-order valence-corrected chi connectivity index (χ3v) is 3.69. The van der Waals surface area contributed by atoms with Crippen molar-refractivity contribution < 1.29 is 9.47 Å². The summed E-state index contributed by atoms with van der Waals surface area (Å²) in [4.78, 5) is 0. The fourth-order valence-electron chi connectivity index (χ4n) is 2.40. The average Bonchev–Trinajstić information content (AvgIpc) is 2.51. The molecule has 0 aromatic heterocycles. The highest BCUT2D eigenvalue weighted by Gasteiger charge is 1.98. The smallest absolute Gasteiger partial charge is 0.119 e. The van der Waals surface area contributed by atoms with E-state index in [4.69, 9.17) is 9.47 Å². The molecule has 0 atom stereocenters. The number of benzene rings is 1. The van der Waals surface area contributed by atoms with E-state index in [0.717, 1.165) is 12.4 Å². The molecule has 0 unspecified atom stereocenters. The molecule has 0 spiro atoms. The fourth-order valence-corrected chi connectivity index (χ4v) is 2.40. The predicted molar refractivity (Wildman–Crippen MR) is 94.7 cm³/mol. The minimum atomic E-state index is 0.584. The second-order valence-corrected chi connectivity index (χ2v) is 6.48. The molecule has 0 aliphatic heterocycles. The van der Waals surface area contributed by atoms with Gasteiger partial charge in [-0.2, -0.15) is 0 Å². The molecule has 1 aromatic carbocycles. The Hall–Kier alpha value is -1.02. The molecule has 2 heteroatoms. The van der Waals surface area contributed by atoms with Crippen LogP contribution in [0.25, 0.3) is 0 Å². The molecule has 0 heterocycles. The minimum absolute atomic E-state index is 0.584. The van der Waals surface area contributed by atoms with Crippen LogP contribution in [0.5, 0.6) is 5.75 Å². The van der Waals surface area contributed by atoms with Gasteiger partial charge in [-0.1, -0.05) is 65.0 Å². The summed E-state index contributed by atoms with van der Waals surface area (Å²) >= 11 is 0. The van der Waals surface area contributed by atoms with Crippen molar-refractivity contribution in [1.82, 2.24) is 0 Å². The zero-order valence-electron chi connectivity index (χ0n) is 14.8. The highest BCUT2D eigenvalue weighted by atomic mass is 16.5. The zero-order valence-corrected chi connectivity index (χ0v) is 14.8. The van der Waals surface area contributed by atoms with Crippen molar-refractivity contribution in [3.63, 3.8) is 0 Å². The van der Waals surface area contributed by atoms with Crippen LogP contribution in [-0.4, -0.2) is 19.8 Å². The zero-order chi connectivity index (χ0) is 16.0. The average molecular weight is 306 g/mol. The Morgan fingerprint density at radius 1 is 0.864 bits per heavy atom. The maximum absolute atomic E-state index is 5.69. The van der Waals surface area contributed by atoms with Crippen molar-refractivity contribution in [2.75, 3.05) is 19.8 Å². The van der Waals surface area contributed by atoms with E-state index < -0.39 is 0 Å². The number of aryl methyl sites for hydroxylation is 1. The van der Waals surface area contributed by atoms with Crippen LogP contribution in [0.2, 0.25) is 0 Å². The van der Waals surface area contributed by atoms with Gasteiger partial charge >= 0.3 is 0 Å². The molecular weight excluding hydrogens is 272 g/mol. The van der Waals surface area contributed by atoms with E-state index in [-0.39, 0.29) is 0 Å². The highest BCUT2D eigenvalue weighted by molar-refractivity contribution is 5.27. The van der Waals surface area contributed by atoms with E-state index in [1.165, 1.54) is 50.5 Å². The van der Waals surface area contributed by atoms with Crippen LogP contribution in [0.3, 0.4) is 0 Å². The number of ether oxygens (including phenoxy) is 2. The maximum atomic E-state index is 5.69. The summed E-state index contributed by atoms with van der Waals surface area (Å²) in [5.41, 5.74) is 1.42. The molecule has 0 radical (unpaired) electrons. The third kappa shape index (κ3) is 9.83. The standard InChI is InChI=1S/C20H34O2/c1-4-5-6-7-8-9-10-19-11-13-20(14-12-19)22-16-15-21-17-18(2)3/h11-14,18H,4-10,15-17H2,1-3H3. The molecule has 0 saturated heterocycles. The first-order chi connectivity index (χ1) is 10.7. The first kappa shape index (κ1) is 19.0. The SMILES string of the molecule is CCCCCCCCc1ccc(OCCOCC(C)C)cc1. The van der Waals surface area contributed by atoms with E-state index in [1.807, 2.05) is 0 Å². The van der Waals surface area contributed by atoms with Gasteiger partial charge in [0, 0.05) is 6.61 Å². The van der Waals surface area contributed by atoms with Crippen LogP contribution < -0.4 is 4.74 Å². The molecule has 0 saturated carbocycles. The predicted octanol–water partition coefficient (Wildman–Crippen LogP) is 5.64. The normalized spacial score (nSPS) is 11.1. The van der Waals surface area contributed by atoms with Crippen molar-refractivity contribution in [2.45, 2.75) is 65.7 Å². The summed E-state index contributed by atoms with van der Waals surface area (Å²) in [5.74, 6) is 1.53. The Morgan fingerprint density at radius 3 is 2.23 bits per heavy atom. The van der Waals surface area contributed by atoms with Gasteiger partial charge in [-0.15, -0.1) is 0 Å². The first-order valence-electron chi connectivity index (χ1n) is 9.02. The van der Waals surface area contributed by atoms with Crippen molar-refractivity contribution >= 4 is 0 Å². The Kier molecular flexibility index (Phi) is 10.8. The quantitative estimate of drug-likeness (QED) is 0.439. The van der Waals surface area contributed by atoms with Crippen LogP contribution in [-0.2, 0) is 11.2 Å². The summed E-state index contributed by atoms with van der Waals surface area (Å²) < 4.78 is 11.2. The van der Waals surface area contributed by atoms with E-state index in [1.54, 1.807) is 0 Å². The molecule has 0 amide bonds. The lowest BCUT2D eigenvalue weighted by Crippen LogP contribution is -2.10. The Balaban J connectivity index is 2.09. The van der Waals surface area contributed by atoms with Crippen LogP contribution in [0.1, 0.15) is 64.9 Å². The minimum Gasteiger partial charge on any atom is -0.491 e. The molecule has 1 rings (SSSR count). The van der Waals surface area contributed by atoms with Gasteiger partial charge in [0.05, 0.1) is 6.61 Å². The molecule has 0 aliphatic carbocycles. The monoisotopic (exact) mass is 306 g/mol. The second-order valence-electron chi connectivity index (χ2n) is 6.48. The lowest BCUT2D eigenvalue weighted by Gasteiger charge is -2.09. The van der Waals surface area contributed by atoms with Gasteiger partial charge in [0.2, 0.25) is 0 Å². The van der Waals surface area contributed by atoms with Gasteiger partial charge in [-0.25, -0.2) is 0 Å². The number of hydrogen-bond donors (Lipinski definition) is 0. The summed E-state index contributed by atoms with van der Waals surface area (Å²) in [5, 5.41) is 0. The lowest BCUT2D eigenvalue weighted by atomic mass is 10.0. The van der Waals surface area contributed by atoms with Crippen molar-refractivity contribution in [2.24, 2.45) is 5.92 Å².